The molecule has 108 valence electrons. The third kappa shape index (κ3) is 3.62. The highest BCUT2D eigenvalue weighted by atomic mass is 32.1. The van der Waals surface area contributed by atoms with E-state index in [1.165, 1.54) is 11.3 Å². The van der Waals surface area contributed by atoms with Gasteiger partial charge in [0, 0.05) is 26.1 Å². The van der Waals surface area contributed by atoms with Crippen LogP contribution in [0.25, 0.3) is 0 Å². The second kappa shape index (κ2) is 7.12. The number of ether oxygens (including phenoxy) is 1. The van der Waals surface area contributed by atoms with Crippen LogP contribution in [0.4, 0.5) is 10.9 Å². The number of amides is 1. The van der Waals surface area contributed by atoms with Crippen molar-refractivity contribution in [2.75, 3.05) is 43.5 Å². The molecule has 1 amide bonds. The van der Waals surface area contributed by atoms with Gasteiger partial charge in [0.2, 0.25) is 0 Å². The fourth-order valence-electron chi connectivity index (χ4n) is 1.82. The highest BCUT2D eigenvalue weighted by molar-refractivity contribution is 7.18. The van der Waals surface area contributed by atoms with Crippen LogP contribution in [-0.2, 0) is 4.74 Å². The molecule has 0 aliphatic carbocycles. The largest absolute Gasteiger partial charge is 0.382 e. The Hall–Kier alpha value is -1.78. The number of morpholine rings is 1. The summed E-state index contributed by atoms with van der Waals surface area (Å²) in [6.45, 7) is 5.20. The molecule has 6 nitrogen and oxygen atoms in total. The summed E-state index contributed by atoms with van der Waals surface area (Å²) in [7, 11) is 0. The van der Waals surface area contributed by atoms with Crippen molar-refractivity contribution >= 4 is 28.2 Å². The van der Waals surface area contributed by atoms with Crippen LogP contribution in [0, 0.1) is 11.8 Å². The van der Waals surface area contributed by atoms with Crippen molar-refractivity contribution in [2.24, 2.45) is 0 Å². The van der Waals surface area contributed by atoms with Gasteiger partial charge in [-0.15, -0.1) is 11.8 Å². The van der Waals surface area contributed by atoms with Crippen molar-refractivity contribution in [1.82, 2.24) is 10.3 Å². The second-order valence-electron chi connectivity index (χ2n) is 4.24. The van der Waals surface area contributed by atoms with Crippen molar-refractivity contribution in [3.8, 4) is 11.8 Å². The Kier molecular flexibility index (Phi) is 5.21. The van der Waals surface area contributed by atoms with Crippen LogP contribution < -0.4 is 16.0 Å². The molecule has 20 heavy (non-hydrogen) atoms. The van der Waals surface area contributed by atoms with Crippen molar-refractivity contribution in [1.29, 1.82) is 0 Å². The molecule has 1 fully saturated rings. The zero-order valence-corrected chi connectivity index (χ0v) is 12.3. The molecule has 3 N–H and O–H groups in total. The summed E-state index contributed by atoms with van der Waals surface area (Å²) in [5.74, 6) is 5.79. The number of carbonyl (C=O) groups is 1. The zero-order valence-electron chi connectivity index (χ0n) is 11.4. The van der Waals surface area contributed by atoms with E-state index in [0.717, 1.165) is 18.2 Å². The summed E-state index contributed by atoms with van der Waals surface area (Å²) in [4.78, 5) is 18.8. The number of hydrogen-bond donors (Lipinski definition) is 2. The molecular formula is C13H18N4O2S. The molecule has 0 unspecified atom stereocenters. The molecule has 0 spiro atoms. The molecular weight excluding hydrogens is 276 g/mol. The molecule has 7 heteroatoms. The van der Waals surface area contributed by atoms with Gasteiger partial charge in [0.05, 0.1) is 13.2 Å². The van der Waals surface area contributed by atoms with E-state index in [2.05, 4.69) is 27.0 Å². The van der Waals surface area contributed by atoms with Crippen molar-refractivity contribution in [2.45, 2.75) is 13.3 Å². The smallest absolute Gasteiger partial charge is 0.265 e. The quantitative estimate of drug-likeness (QED) is 0.631. The van der Waals surface area contributed by atoms with E-state index in [1.54, 1.807) is 6.92 Å². The van der Waals surface area contributed by atoms with Gasteiger partial charge in [-0.05, 0) is 6.92 Å². The van der Waals surface area contributed by atoms with Crippen molar-refractivity contribution in [3.63, 3.8) is 0 Å². The molecule has 0 saturated carbocycles. The van der Waals surface area contributed by atoms with Crippen LogP contribution in [0.2, 0.25) is 0 Å². The molecule has 0 radical (unpaired) electrons. The predicted octanol–water partition coefficient (Wildman–Crippen LogP) is 0.705. The molecule has 1 aromatic rings. The Labute approximate surface area is 122 Å². The van der Waals surface area contributed by atoms with E-state index in [4.69, 9.17) is 10.5 Å². The number of nitrogens with one attached hydrogen (secondary N) is 1. The Morgan fingerprint density at radius 1 is 1.55 bits per heavy atom. The minimum absolute atomic E-state index is 0.183. The minimum Gasteiger partial charge on any atom is -0.382 e. The van der Waals surface area contributed by atoms with Crippen LogP contribution >= 0.6 is 11.3 Å². The first-order chi connectivity index (χ1) is 9.72. The number of anilines is 2. The number of rotatable bonds is 4. The Morgan fingerprint density at radius 3 is 3.00 bits per heavy atom. The fraction of sp³-hybridized carbons (Fsp3) is 0.538. The molecule has 0 aromatic carbocycles. The van der Waals surface area contributed by atoms with E-state index in [9.17, 15) is 4.79 Å². The normalized spacial score (nSPS) is 14.6. The van der Waals surface area contributed by atoms with E-state index in [0.29, 0.717) is 31.1 Å². The lowest BCUT2D eigenvalue weighted by Crippen LogP contribution is -2.36. The molecule has 1 aromatic heterocycles. The molecule has 1 aliphatic heterocycles. The van der Waals surface area contributed by atoms with Gasteiger partial charge in [0.15, 0.2) is 5.13 Å². The molecule has 1 saturated heterocycles. The van der Waals surface area contributed by atoms with E-state index < -0.39 is 0 Å². The van der Waals surface area contributed by atoms with E-state index in [1.807, 2.05) is 0 Å². The number of hydrogen-bond acceptors (Lipinski definition) is 6. The van der Waals surface area contributed by atoms with Gasteiger partial charge in [0.25, 0.3) is 5.91 Å². The second-order valence-corrected chi connectivity index (χ2v) is 5.22. The lowest BCUT2D eigenvalue weighted by Gasteiger charge is -2.25. The third-order valence-corrected chi connectivity index (χ3v) is 3.97. The summed E-state index contributed by atoms with van der Waals surface area (Å²) >= 11 is 1.32. The summed E-state index contributed by atoms with van der Waals surface area (Å²) in [5.41, 5.74) is 5.83. The lowest BCUT2D eigenvalue weighted by molar-refractivity contribution is 0.0959. The van der Waals surface area contributed by atoms with Gasteiger partial charge < -0.3 is 20.7 Å². The van der Waals surface area contributed by atoms with Gasteiger partial charge in [-0.2, -0.15) is 0 Å². The first-order valence-electron chi connectivity index (χ1n) is 6.49. The number of nitrogens with zero attached hydrogens (tertiary/aromatic N) is 2. The Bertz CT molecular complexity index is 526. The minimum atomic E-state index is -0.183. The number of nitrogens with two attached hydrogens (primary N) is 1. The van der Waals surface area contributed by atoms with Crippen molar-refractivity contribution in [3.05, 3.63) is 4.88 Å². The van der Waals surface area contributed by atoms with Gasteiger partial charge in [-0.1, -0.05) is 11.3 Å². The zero-order chi connectivity index (χ0) is 14.4. The van der Waals surface area contributed by atoms with Crippen LogP contribution in [0.3, 0.4) is 0 Å². The van der Waals surface area contributed by atoms with Gasteiger partial charge >= 0.3 is 0 Å². The summed E-state index contributed by atoms with van der Waals surface area (Å²) in [6, 6.07) is 0. The highest BCUT2D eigenvalue weighted by Gasteiger charge is 2.20. The SMILES string of the molecule is CC#CCCNC(=O)c1sc(N2CCOCC2)nc1N. The molecule has 2 rings (SSSR count). The number of nitrogen functional groups attached to an aromatic ring is 1. The highest BCUT2D eigenvalue weighted by Crippen LogP contribution is 2.28. The lowest BCUT2D eigenvalue weighted by atomic mass is 10.4. The summed E-state index contributed by atoms with van der Waals surface area (Å²) < 4.78 is 5.29. The number of thiazole rings is 1. The monoisotopic (exact) mass is 294 g/mol. The van der Waals surface area contributed by atoms with E-state index in [-0.39, 0.29) is 11.7 Å². The van der Waals surface area contributed by atoms with Gasteiger partial charge in [0.1, 0.15) is 10.7 Å². The average molecular weight is 294 g/mol. The van der Waals surface area contributed by atoms with E-state index >= 15 is 0 Å². The Morgan fingerprint density at radius 2 is 2.30 bits per heavy atom. The van der Waals surface area contributed by atoms with Gasteiger partial charge in [-0.3, -0.25) is 4.79 Å². The maximum Gasteiger partial charge on any atom is 0.265 e. The summed E-state index contributed by atoms with van der Waals surface area (Å²) in [6.07, 6.45) is 0.636. The molecule has 1 aliphatic rings. The first kappa shape index (κ1) is 14.6. The fourth-order valence-corrected chi connectivity index (χ4v) is 2.77. The van der Waals surface area contributed by atoms with Crippen LogP contribution in [0.15, 0.2) is 0 Å². The maximum absolute atomic E-state index is 12.0. The molecule has 2 heterocycles. The van der Waals surface area contributed by atoms with Crippen LogP contribution in [-0.4, -0.2) is 43.7 Å². The molecule has 0 bridgehead atoms. The Balaban J connectivity index is 1.98. The topological polar surface area (TPSA) is 80.5 Å². The van der Waals surface area contributed by atoms with Crippen LogP contribution in [0.1, 0.15) is 23.0 Å². The first-order valence-corrected chi connectivity index (χ1v) is 7.31. The number of aromatic nitrogens is 1. The third-order valence-electron chi connectivity index (χ3n) is 2.84. The van der Waals surface area contributed by atoms with Crippen molar-refractivity contribution < 1.29 is 9.53 Å². The van der Waals surface area contributed by atoms with Crippen LogP contribution in [0.5, 0.6) is 0 Å². The predicted molar refractivity (Wildman–Crippen MR) is 80.0 cm³/mol. The summed E-state index contributed by atoms with van der Waals surface area (Å²) in [5, 5.41) is 3.58. The standard InChI is InChI=1S/C13H18N4O2S/c1-2-3-4-5-15-12(18)10-11(14)16-13(20-10)17-6-8-19-9-7-17/h4-9,14H2,1H3,(H,15,18). The number of carbonyl (C=O) groups excluding carboxylic acids is 1. The maximum atomic E-state index is 12.0. The molecule has 0 atom stereocenters. The average Bonchev–Trinajstić information content (AvgIpc) is 2.86. The van der Waals surface area contributed by atoms with Gasteiger partial charge in [-0.25, -0.2) is 4.98 Å².